The molecular weight excluding hydrogens is 312 g/mol. The van der Waals surface area contributed by atoms with Gasteiger partial charge in [-0.1, -0.05) is 12.1 Å². The number of hydrogen-bond donors (Lipinski definition) is 3. The van der Waals surface area contributed by atoms with Crippen LogP contribution in [0.2, 0.25) is 0 Å². The van der Waals surface area contributed by atoms with Gasteiger partial charge in [-0.3, -0.25) is 9.59 Å². The number of nitrogens with zero attached hydrogens (tertiary/aromatic N) is 1. The van der Waals surface area contributed by atoms with Crippen LogP contribution >= 0.6 is 11.8 Å². The predicted molar refractivity (Wildman–Crippen MR) is 92.1 cm³/mol. The van der Waals surface area contributed by atoms with E-state index in [-0.39, 0.29) is 23.8 Å². The summed E-state index contributed by atoms with van der Waals surface area (Å²) in [5, 5.41) is 6.20. The Kier molecular flexibility index (Phi) is 5.07. The highest BCUT2D eigenvalue weighted by atomic mass is 32.2. The molecule has 0 bridgehead atoms. The van der Waals surface area contributed by atoms with Crippen molar-refractivity contribution < 1.29 is 9.59 Å². The summed E-state index contributed by atoms with van der Waals surface area (Å²) in [5.74, 6) is 2.13. The van der Waals surface area contributed by atoms with Crippen molar-refractivity contribution in [3.8, 4) is 0 Å². The molecule has 0 spiro atoms. The Morgan fingerprint density at radius 2 is 2.22 bits per heavy atom. The number of para-hydroxylation sites is 1. The highest BCUT2D eigenvalue weighted by Gasteiger charge is 2.33. The third-order valence-electron chi connectivity index (χ3n) is 4.34. The molecule has 2 heterocycles. The van der Waals surface area contributed by atoms with Crippen LogP contribution in [-0.4, -0.2) is 54.0 Å². The molecule has 6 nitrogen and oxygen atoms in total. The standard InChI is InChI=1S/C16H22N4O2S/c17-13-4-2-1-3-12(13)15(21)19-9-11-7-14(18-8-11)16(22)20-5-6-23-10-20/h1-4,11,14,18H,5-10,17H2,(H,19,21). The first-order valence-electron chi connectivity index (χ1n) is 7.88. The molecule has 4 N–H and O–H groups in total. The van der Waals surface area contributed by atoms with Gasteiger partial charge in [0.15, 0.2) is 0 Å². The summed E-state index contributed by atoms with van der Waals surface area (Å²) in [7, 11) is 0. The first-order chi connectivity index (χ1) is 11.1. The molecule has 2 amide bonds. The number of nitrogens with two attached hydrogens (primary N) is 1. The fourth-order valence-corrected chi connectivity index (χ4v) is 3.95. The molecule has 2 aliphatic rings. The fraction of sp³-hybridized carbons (Fsp3) is 0.500. The van der Waals surface area contributed by atoms with Crippen molar-refractivity contribution in [3.05, 3.63) is 29.8 Å². The van der Waals surface area contributed by atoms with Gasteiger partial charge in [0.25, 0.3) is 5.91 Å². The number of thioether (sulfide) groups is 1. The van der Waals surface area contributed by atoms with Gasteiger partial charge in [-0.2, -0.15) is 0 Å². The second-order valence-corrected chi connectivity index (χ2v) is 7.07. The first kappa shape index (κ1) is 16.1. The van der Waals surface area contributed by atoms with E-state index in [9.17, 15) is 9.59 Å². The molecule has 1 aromatic carbocycles. The lowest BCUT2D eigenvalue weighted by molar-refractivity contribution is -0.131. The SMILES string of the molecule is Nc1ccccc1C(=O)NCC1CNC(C(=O)N2CCSC2)C1. The van der Waals surface area contributed by atoms with Gasteiger partial charge in [0.05, 0.1) is 17.5 Å². The number of rotatable bonds is 4. The number of hydrogen-bond acceptors (Lipinski definition) is 5. The number of amides is 2. The van der Waals surface area contributed by atoms with Crippen molar-refractivity contribution in [2.24, 2.45) is 5.92 Å². The number of nitrogen functional groups attached to an aromatic ring is 1. The van der Waals surface area contributed by atoms with Crippen molar-refractivity contribution >= 4 is 29.3 Å². The minimum Gasteiger partial charge on any atom is -0.398 e. The van der Waals surface area contributed by atoms with Crippen LogP contribution in [0.25, 0.3) is 0 Å². The normalized spacial score (nSPS) is 23.9. The largest absolute Gasteiger partial charge is 0.398 e. The van der Waals surface area contributed by atoms with E-state index in [1.807, 2.05) is 4.90 Å². The van der Waals surface area contributed by atoms with Crippen molar-refractivity contribution in [1.29, 1.82) is 0 Å². The van der Waals surface area contributed by atoms with Crippen molar-refractivity contribution in [3.63, 3.8) is 0 Å². The molecule has 0 saturated carbocycles. The Balaban J connectivity index is 1.47. The van der Waals surface area contributed by atoms with Gasteiger partial charge < -0.3 is 21.3 Å². The van der Waals surface area contributed by atoms with Crippen LogP contribution in [0.3, 0.4) is 0 Å². The Morgan fingerprint density at radius 1 is 1.39 bits per heavy atom. The minimum absolute atomic E-state index is 0.114. The third kappa shape index (κ3) is 3.79. The topological polar surface area (TPSA) is 87.5 Å². The first-order valence-corrected chi connectivity index (χ1v) is 9.03. The Morgan fingerprint density at radius 3 is 2.96 bits per heavy atom. The number of carbonyl (C=O) groups is 2. The quantitative estimate of drug-likeness (QED) is 0.699. The zero-order chi connectivity index (χ0) is 16.2. The molecule has 2 saturated heterocycles. The number of benzene rings is 1. The summed E-state index contributed by atoms with van der Waals surface area (Å²) < 4.78 is 0. The van der Waals surface area contributed by atoms with E-state index in [0.717, 1.165) is 31.1 Å². The Bertz CT molecular complexity index is 589. The third-order valence-corrected chi connectivity index (χ3v) is 5.31. The Hall–Kier alpha value is -1.73. The average molecular weight is 334 g/mol. The highest BCUT2D eigenvalue weighted by molar-refractivity contribution is 7.99. The molecule has 2 fully saturated rings. The summed E-state index contributed by atoms with van der Waals surface area (Å²) in [4.78, 5) is 26.4. The van der Waals surface area contributed by atoms with Gasteiger partial charge in [-0.25, -0.2) is 0 Å². The van der Waals surface area contributed by atoms with Gasteiger partial charge in [0.1, 0.15) is 0 Å². The summed E-state index contributed by atoms with van der Waals surface area (Å²) in [6.07, 6.45) is 0.768. The van der Waals surface area contributed by atoms with E-state index in [4.69, 9.17) is 5.73 Å². The lowest BCUT2D eigenvalue weighted by atomic mass is 10.0. The van der Waals surface area contributed by atoms with Crippen LogP contribution in [0.15, 0.2) is 24.3 Å². The maximum atomic E-state index is 12.3. The monoisotopic (exact) mass is 334 g/mol. The van der Waals surface area contributed by atoms with Gasteiger partial charge in [0, 0.05) is 31.1 Å². The van der Waals surface area contributed by atoms with Gasteiger partial charge >= 0.3 is 0 Å². The molecule has 0 aliphatic carbocycles. The van der Waals surface area contributed by atoms with Crippen molar-refractivity contribution in [2.45, 2.75) is 12.5 Å². The van der Waals surface area contributed by atoms with Crippen LogP contribution in [0.4, 0.5) is 5.69 Å². The molecule has 23 heavy (non-hydrogen) atoms. The van der Waals surface area contributed by atoms with Crippen molar-refractivity contribution in [1.82, 2.24) is 15.5 Å². The minimum atomic E-state index is -0.159. The lowest BCUT2D eigenvalue weighted by Gasteiger charge is -2.19. The van der Waals surface area contributed by atoms with Crippen molar-refractivity contribution in [2.75, 3.05) is 37.0 Å². The molecular formula is C16H22N4O2S. The second-order valence-electron chi connectivity index (χ2n) is 6.00. The van der Waals surface area contributed by atoms with Gasteiger partial charge in [-0.05, 0) is 24.5 Å². The lowest BCUT2D eigenvalue weighted by Crippen LogP contribution is -2.42. The zero-order valence-corrected chi connectivity index (χ0v) is 13.8. The van der Waals surface area contributed by atoms with E-state index in [0.29, 0.717) is 17.8 Å². The van der Waals surface area contributed by atoms with Crippen LogP contribution in [-0.2, 0) is 4.79 Å². The summed E-state index contributed by atoms with van der Waals surface area (Å²) in [5.41, 5.74) is 6.79. The van der Waals surface area contributed by atoms with E-state index >= 15 is 0 Å². The smallest absolute Gasteiger partial charge is 0.253 e. The summed E-state index contributed by atoms with van der Waals surface area (Å²) in [6.45, 7) is 2.15. The van der Waals surface area contributed by atoms with Gasteiger partial charge in [0.2, 0.25) is 5.91 Å². The molecule has 2 atom stereocenters. The second kappa shape index (κ2) is 7.23. The van der Waals surface area contributed by atoms with Crippen LogP contribution < -0.4 is 16.4 Å². The van der Waals surface area contributed by atoms with Crippen LogP contribution in [0.1, 0.15) is 16.8 Å². The number of nitrogens with one attached hydrogen (secondary N) is 2. The van der Waals surface area contributed by atoms with E-state index in [1.165, 1.54) is 0 Å². The summed E-state index contributed by atoms with van der Waals surface area (Å²) in [6, 6.07) is 6.92. The summed E-state index contributed by atoms with van der Waals surface area (Å²) >= 11 is 1.79. The fourth-order valence-electron chi connectivity index (χ4n) is 3.00. The Labute approximate surface area is 140 Å². The van der Waals surface area contributed by atoms with E-state index in [2.05, 4.69) is 10.6 Å². The number of anilines is 1. The average Bonchev–Trinajstić information content (AvgIpc) is 3.24. The van der Waals surface area contributed by atoms with E-state index in [1.54, 1.807) is 36.0 Å². The molecule has 124 valence electrons. The highest BCUT2D eigenvalue weighted by Crippen LogP contribution is 2.20. The maximum Gasteiger partial charge on any atom is 0.253 e. The molecule has 0 aromatic heterocycles. The predicted octanol–water partition coefficient (Wildman–Crippen LogP) is 0.510. The van der Waals surface area contributed by atoms with Crippen LogP contribution in [0, 0.1) is 5.92 Å². The van der Waals surface area contributed by atoms with Crippen LogP contribution in [0.5, 0.6) is 0 Å². The molecule has 3 rings (SSSR count). The molecule has 7 heteroatoms. The molecule has 2 unspecified atom stereocenters. The number of carbonyl (C=O) groups excluding carboxylic acids is 2. The van der Waals surface area contributed by atoms with Gasteiger partial charge in [-0.15, -0.1) is 11.8 Å². The van der Waals surface area contributed by atoms with E-state index < -0.39 is 0 Å². The molecule has 0 radical (unpaired) electrons. The molecule has 2 aliphatic heterocycles. The zero-order valence-electron chi connectivity index (χ0n) is 13.0. The maximum absolute atomic E-state index is 12.3. The molecule has 1 aromatic rings.